The molecule has 0 saturated carbocycles. The molecule has 0 radical (unpaired) electrons. The van der Waals surface area contributed by atoms with Crippen LogP contribution in [0.25, 0.3) is 0 Å². The van der Waals surface area contributed by atoms with Crippen molar-refractivity contribution in [2.75, 3.05) is 18.2 Å². The van der Waals surface area contributed by atoms with Crippen molar-refractivity contribution < 1.29 is 4.74 Å². The van der Waals surface area contributed by atoms with Gasteiger partial charge in [0.15, 0.2) is 5.82 Å². The third kappa shape index (κ3) is 3.31. The maximum absolute atomic E-state index is 5.82. The Hall–Kier alpha value is -2.14. The van der Waals surface area contributed by atoms with Crippen molar-refractivity contribution in [3.63, 3.8) is 0 Å². The molecule has 5 heteroatoms. The predicted octanol–water partition coefficient (Wildman–Crippen LogP) is 2.17. The number of methoxy groups -OCH3 is 1. The minimum absolute atomic E-state index is 0.368. The van der Waals surface area contributed by atoms with E-state index >= 15 is 0 Å². The van der Waals surface area contributed by atoms with Gasteiger partial charge in [-0.3, -0.25) is 0 Å². The van der Waals surface area contributed by atoms with Crippen LogP contribution in [-0.4, -0.2) is 23.1 Å². The lowest BCUT2D eigenvalue weighted by Gasteiger charge is -2.26. The minimum Gasteiger partial charge on any atom is -0.384 e. The Bertz CT molecular complexity index is 629. The van der Waals surface area contributed by atoms with Crippen molar-refractivity contribution in [3.8, 4) is 0 Å². The quantitative estimate of drug-likeness (QED) is 0.900. The van der Waals surface area contributed by atoms with Crippen molar-refractivity contribution in [3.05, 3.63) is 47.3 Å². The molecule has 0 spiro atoms. The van der Waals surface area contributed by atoms with Crippen LogP contribution in [0.4, 0.5) is 11.6 Å². The summed E-state index contributed by atoms with van der Waals surface area (Å²) in [5.74, 6) is 1.85. The van der Waals surface area contributed by atoms with E-state index in [0.717, 1.165) is 25.1 Å². The Kier molecular flexibility index (Phi) is 4.01. The average Bonchev–Trinajstić information content (AvgIpc) is 2.47. The summed E-state index contributed by atoms with van der Waals surface area (Å²) < 4.78 is 5.07. The molecular weight excluding hydrogens is 264 g/mol. The van der Waals surface area contributed by atoms with Gasteiger partial charge >= 0.3 is 0 Å². The van der Waals surface area contributed by atoms with Crippen LogP contribution in [0.2, 0.25) is 0 Å². The van der Waals surface area contributed by atoms with Gasteiger partial charge in [0.1, 0.15) is 18.2 Å². The summed E-state index contributed by atoms with van der Waals surface area (Å²) in [7, 11) is 1.62. The zero-order chi connectivity index (χ0) is 14.7. The minimum atomic E-state index is 0.368. The lowest BCUT2D eigenvalue weighted by atomic mass is 9.88. The number of nitrogen functional groups attached to an aromatic ring is 1. The molecule has 1 atom stereocenters. The summed E-state index contributed by atoms with van der Waals surface area (Å²) in [6.45, 7) is 0.368. The molecule has 1 unspecified atom stereocenters. The number of anilines is 2. The number of rotatable bonds is 4. The van der Waals surface area contributed by atoms with E-state index in [2.05, 4.69) is 39.6 Å². The van der Waals surface area contributed by atoms with Crippen molar-refractivity contribution >= 4 is 11.6 Å². The number of nitrogens with zero attached hydrogens (tertiary/aromatic N) is 2. The molecule has 1 aromatic heterocycles. The number of hydrogen-bond donors (Lipinski definition) is 2. The molecule has 5 nitrogen and oxygen atoms in total. The fourth-order valence-electron chi connectivity index (χ4n) is 2.82. The Morgan fingerprint density at radius 3 is 2.90 bits per heavy atom. The molecule has 1 aliphatic carbocycles. The topological polar surface area (TPSA) is 73.1 Å². The maximum atomic E-state index is 5.82. The molecule has 1 aliphatic rings. The summed E-state index contributed by atoms with van der Waals surface area (Å²) in [4.78, 5) is 8.60. The van der Waals surface area contributed by atoms with E-state index in [9.17, 15) is 0 Å². The van der Waals surface area contributed by atoms with Crippen molar-refractivity contribution in [2.45, 2.75) is 31.9 Å². The second-order valence-corrected chi connectivity index (χ2v) is 5.38. The normalized spacial score (nSPS) is 17.3. The lowest BCUT2D eigenvalue weighted by Crippen LogP contribution is -2.28. The molecule has 1 aromatic carbocycles. The molecule has 3 rings (SSSR count). The van der Waals surface area contributed by atoms with Crippen molar-refractivity contribution in [1.29, 1.82) is 0 Å². The monoisotopic (exact) mass is 284 g/mol. The van der Waals surface area contributed by atoms with E-state index in [1.165, 1.54) is 11.1 Å². The van der Waals surface area contributed by atoms with Crippen LogP contribution >= 0.6 is 0 Å². The van der Waals surface area contributed by atoms with Gasteiger partial charge in [-0.15, -0.1) is 0 Å². The Balaban J connectivity index is 1.73. The molecule has 0 saturated heterocycles. The number of nitrogens with one attached hydrogen (secondary N) is 1. The summed E-state index contributed by atoms with van der Waals surface area (Å²) in [5, 5.41) is 3.47. The highest BCUT2D eigenvalue weighted by Crippen LogP contribution is 2.23. The van der Waals surface area contributed by atoms with Crippen LogP contribution in [0, 0.1) is 0 Å². The Labute approximate surface area is 124 Å². The first-order valence-corrected chi connectivity index (χ1v) is 7.20. The summed E-state index contributed by atoms with van der Waals surface area (Å²) >= 11 is 0. The predicted molar refractivity (Wildman–Crippen MR) is 83.0 cm³/mol. The standard InChI is InChI=1S/C16H20N4O/c1-21-10-16-19-14(17)9-15(20-16)18-13-7-6-11-4-2-3-5-12(11)8-13/h2-5,9,13H,6-8,10H2,1H3,(H3,17,18,19,20). The first-order chi connectivity index (χ1) is 10.2. The van der Waals surface area contributed by atoms with Gasteiger partial charge in [0.05, 0.1) is 0 Å². The van der Waals surface area contributed by atoms with Gasteiger partial charge < -0.3 is 15.8 Å². The van der Waals surface area contributed by atoms with E-state index in [1.54, 1.807) is 13.2 Å². The SMILES string of the molecule is COCc1nc(N)cc(NC2CCc3ccccc3C2)n1. The molecule has 0 bridgehead atoms. The number of aromatic nitrogens is 2. The Morgan fingerprint density at radius 2 is 2.10 bits per heavy atom. The summed E-state index contributed by atoms with van der Waals surface area (Å²) in [6, 6.07) is 10.8. The van der Waals surface area contributed by atoms with Crippen molar-refractivity contribution in [1.82, 2.24) is 9.97 Å². The molecule has 2 aromatic rings. The van der Waals surface area contributed by atoms with Gasteiger partial charge in [-0.05, 0) is 30.4 Å². The van der Waals surface area contributed by atoms with Crippen LogP contribution in [-0.2, 0) is 24.2 Å². The molecule has 110 valence electrons. The number of nitrogens with two attached hydrogens (primary N) is 1. The first kappa shape index (κ1) is 13.8. The lowest BCUT2D eigenvalue weighted by molar-refractivity contribution is 0.178. The number of hydrogen-bond acceptors (Lipinski definition) is 5. The molecular formula is C16H20N4O. The van der Waals surface area contributed by atoms with Crippen LogP contribution in [0.15, 0.2) is 30.3 Å². The van der Waals surface area contributed by atoms with E-state index in [4.69, 9.17) is 10.5 Å². The second-order valence-electron chi connectivity index (χ2n) is 5.38. The van der Waals surface area contributed by atoms with Crippen LogP contribution in [0.5, 0.6) is 0 Å². The van der Waals surface area contributed by atoms with E-state index < -0.39 is 0 Å². The van der Waals surface area contributed by atoms with Gasteiger partial charge in [-0.2, -0.15) is 0 Å². The average molecular weight is 284 g/mol. The highest BCUT2D eigenvalue weighted by Gasteiger charge is 2.18. The van der Waals surface area contributed by atoms with Gasteiger partial charge in [0.2, 0.25) is 0 Å². The maximum Gasteiger partial charge on any atom is 0.158 e. The molecule has 0 fully saturated rings. The number of ether oxygens (including phenoxy) is 1. The zero-order valence-electron chi connectivity index (χ0n) is 12.2. The fourth-order valence-corrected chi connectivity index (χ4v) is 2.82. The van der Waals surface area contributed by atoms with E-state index in [1.807, 2.05) is 0 Å². The molecule has 0 aliphatic heterocycles. The van der Waals surface area contributed by atoms with Crippen LogP contribution in [0.1, 0.15) is 23.4 Å². The number of aryl methyl sites for hydroxylation is 1. The van der Waals surface area contributed by atoms with E-state index in [0.29, 0.717) is 24.3 Å². The van der Waals surface area contributed by atoms with Crippen LogP contribution in [0.3, 0.4) is 0 Å². The zero-order valence-corrected chi connectivity index (χ0v) is 12.2. The smallest absolute Gasteiger partial charge is 0.158 e. The van der Waals surface area contributed by atoms with E-state index in [-0.39, 0.29) is 0 Å². The van der Waals surface area contributed by atoms with Gasteiger partial charge in [0, 0.05) is 19.2 Å². The largest absolute Gasteiger partial charge is 0.384 e. The Morgan fingerprint density at radius 1 is 1.29 bits per heavy atom. The van der Waals surface area contributed by atoms with Gasteiger partial charge in [0.25, 0.3) is 0 Å². The molecule has 21 heavy (non-hydrogen) atoms. The van der Waals surface area contributed by atoms with Crippen LogP contribution < -0.4 is 11.1 Å². The molecule has 1 heterocycles. The number of benzene rings is 1. The first-order valence-electron chi connectivity index (χ1n) is 7.20. The third-order valence-corrected chi connectivity index (χ3v) is 3.76. The number of fused-ring (bicyclic) bond motifs is 1. The molecule has 0 amide bonds. The van der Waals surface area contributed by atoms with Gasteiger partial charge in [-0.1, -0.05) is 24.3 Å². The third-order valence-electron chi connectivity index (χ3n) is 3.76. The summed E-state index contributed by atoms with van der Waals surface area (Å²) in [6.07, 6.45) is 3.21. The highest BCUT2D eigenvalue weighted by molar-refractivity contribution is 5.46. The fraction of sp³-hybridized carbons (Fsp3) is 0.375. The van der Waals surface area contributed by atoms with Gasteiger partial charge in [-0.25, -0.2) is 9.97 Å². The second kappa shape index (κ2) is 6.10. The van der Waals surface area contributed by atoms with Crippen molar-refractivity contribution in [2.24, 2.45) is 0 Å². The molecule has 3 N–H and O–H groups in total. The summed E-state index contributed by atoms with van der Waals surface area (Å²) in [5.41, 5.74) is 8.70. The highest BCUT2D eigenvalue weighted by atomic mass is 16.5.